The summed E-state index contributed by atoms with van der Waals surface area (Å²) >= 11 is 0. The predicted octanol–water partition coefficient (Wildman–Crippen LogP) is 2.63. The summed E-state index contributed by atoms with van der Waals surface area (Å²) in [6.07, 6.45) is -0.764. The topological polar surface area (TPSA) is 154 Å². The van der Waals surface area contributed by atoms with Crippen molar-refractivity contribution in [3.05, 3.63) is 65.2 Å². The van der Waals surface area contributed by atoms with E-state index in [4.69, 9.17) is 9.84 Å². The number of hydrogen-bond acceptors (Lipinski definition) is 6. The number of rotatable bonds is 10. The van der Waals surface area contributed by atoms with Crippen molar-refractivity contribution in [2.75, 3.05) is 11.9 Å². The molecule has 10 nitrogen and oxygen atoms in total. The van der Waals surface area contributed by atoms with E-state index in [9.17, 15) is 24.3 Å². The van der Waals surface area contributed by atoms with Crippen LogP contribution in [0.1, 0.15) is 42.3 Å². The maximum Gasteiger partial charge on any atom is 0.408 e. The summed E-state index contributed by atoms with van der Waals surface area (Å²) in [5.41, 5.74) is 1.49. The lowest BCUT2D eigenvalue weighted by molar-refractivity contribution is -0.139. The van der Waals surface area contributed by atoms with E-state index in [2.05, 4.69) is 16.0 Å². The van der Waals surface area contributed by atoms with Gasteiger partial charge in [-0.25, -0.2) is 14.4 Å². The van der Waals surface area contributed by atoms with Gasteiger partial charge in [-0.15, -0.1) is 0 Å². The van der Waals surface area contributed by atoms with Crippen LogP contribution >= 0.6 is 0 Å². The normalized spacial score (nSPS) is 11.9. The number of alkyl carbamates (subject to hydrolysis) is 1. The first-order valence-electron chi connectivity index (χ1n) is 10.6. The Labute approximate surface area is 197 Å². The molecule has 0 aliphatic heterocycles. The fourth-order valence-electron chi connectivity index (χ4n) is 2.90. The smallest absolute Gasteiger partial charge is 0.408 e. The summed E-state index contributed by atoms with van der Waals surface area (Å²) in [5.74, 6) is -2.46. The molecule has 0 saturated heterocycles. The third-order valence-corrected chi connectivity index (χ3v) is 4.48. The van der Waals surface area contributed by atoms with Crippen LogP contribution in [0, 0.1) is 0 Å². The monoisotopic (exact) mass is 471 g/mol. The second kappa shape index (κ2) is 11.8. The average molecular weight is 472 g/mol. The van der Waals surface area contributed by atoms with E-state index in [0.717, 1.165) is 5.56 Å². The van der Waals surface area contributed by atoms with E-state index in [1.807, 2.05) is 0 Å². The van der Waals surface area contributed by atoms with Crippen molar-refractivity contribution in [1.29, 1.82) is 0 Å². The molecule has 10 heteroatoms. The molecule has 2 rings (SSSR count). The molecule has 0 aliphatic carbocycles. The van der Waals surface area contributed by atoms with Gasteiger partial charge >= 0.3 is 18.0 Å². The Bertz CT molecular complexity index is 1010. The van der Waals surface area contributed by atoms with Crippen LogP contribution < -0.4 is 16.0 Å². The van der Waals surface area contributed by atoms with E-state index in [1.165, 1.54) is 12.1 Å². The highest BCUT2D eigenvalue weighted by molar-refractivity contribution is 5.92. The van der Waals surface area contributed by atoms with E-state index >= 15 is 0 Å². The third kappa shape index (κ3) is 9.29. The molecule has 0 radical (unpaired) electrons. The van der Waals surface area contributed by atoms with Gasteiger partial charge in [-0.2, -0.15) is 0 Å². The quantitative estimate of drug-likeness (QED) is 0.354. The van der Waals surface area contributed by atoms with Crippen molar-refractivity contribution >= 4 is 29.6 Å². The van der Waals surface area contributed by atoms with Crippen LogP contribution in [0.5, 0.6) is 0 Å². The Kier molecular flexibility index (Phi) is 9.14. The summed E-state index contributed by atoms with van der Waals surface area (Å²) in [5, 5.41) is 26.4. The summed E-state index contributed by atoms with van der Waals surface area (Å²) in [6, 6.07) is 11.8. The molecule has 0 aromatic heterocycles. The summed E-state index contributed by atoms with van der Waals surface area (Å²) in [6.45, 7) is 5.49. The maximum atomic E-state index is 12.1. The molecule has 2 aromatic rings. The zero-order valence-electron chi connectivity index (χ0n) is 19.3. The molecule has 5 N–H and O–H groups in total. The lowest BCUT2D eigenvalue weighted by Gasteiger charge is -2.22. The molecule has 0 heterocycles. The molecule has 1 atom stereocenters. The van der Waals surface area contributed by atoms with Crippen molar-refractivity contribution < 1.29 is 34.1 Å². The highest BCUT2D eigenvalue weighted by atomic mass is 16.6. The molecule has 0 aliphatic rings. The third-order valence-electron chi connectivity index (χ3n) is 4.48. The van der Waals surface area contributed by atoms with Crippen molar-refractivity contribution in [2.45, 2.75) is 45.4 Å². The molecule has 1 unspecified atom stereocenters. The van der Waals surface area contributed by atoms with Crippen molar-refractivity contribution in [3.63, 3.8) is 0 Å². The molecular formula is C24H29N3O7. The number of anilines is 1. The van der Waals surface area contributed by atoms with Gasteiger partial charge in [0.05, 0.1) is 12.1 Å². The fraction of sp³-hybridized carbons (Fsp3) is 0.333. The Morgan fingerprint density at radius 3 is 2.03 bits per heavy atom. The first-order chi connectivity index (χ1) is 15.9. The van der Waals surface area contributed by atoms with Crippen LogP contribution in [0.15, 0.2) is 48.5 Å². The van der Waals surface area contributed by atoms with Crippen LogP contribution in [-0.2, 0) is 27.3 Å². The van der Waals surface area contributed by atoms with E-state index in [-0.39, 0.29) is 24.4 Å². The summed E-state index contributed by atoms with van der Waals surface area (Å²) < 4.78 is 5.10. The minimum Gasteiger partial charge on any atom is -0.480 e. The highest BCUT2D eigenvalue weighted by Gasteiger charge is 2.24. The van der Waals surface area contributed by atoms with E-state index < -0.39 is 29.7 Å². The summed E-state index contributed by atoms with van der Waals surface area (Å²) in [4.78, 5) is 46.4. The molecular weight excluding hydrogens is 442 g/mol. The van der Waals surface area contributed by atoms with Crippen molar-refractivity contribution in [2.24, 2.45) is 0 Å². The Hall–Kier alpha value is -3.92. The largest absolute Gasteiger partial charge is 0.480 e. The minimum absolute atomic E-state index is 0.0450. The number of carboxylic acids is 2. The van der Waals surface area contributed by atoms with Crippen molar-refractivity contribution in [3.8, 4) is 0 Å². The van der Waals surface area contributed by atoms with Gasteiger partial charge in [0.2, 0.25) is 5.91 Å². The summed E-state index contributed by atoms with van der Waals surface area (Å²) in [7, 11) is 0. The van der Waals surface area contributed by atoms with Gasteiger partial charge in [0.1, 0.15) is 11.6 Å². The van der Waals surface area contributed by atoms with Gasteiger partial charge in [0, 0.05) is 18.7 Å². The molecule has 34 heavy (non-hydrogen) atoms. The first kappa shape index (κ1) is 26.3. The highest BCUT2D eigenvalue weighted by Crippen LogP contribution is 2.13. The molecule has 0 fully saturated rings. The van der Waals surface area contributed by atoms with Gasteiger partial charge < -0.3 is 30.9 Å². The van der Waals surface area contributed by atoms with Crippen LogP contribution in [0.4, 0.5) is 10.5 Å². The predicted molar refractivity (Wildman–Crippen MR) is 125 cm³/mol. The zero-order chi connectivity index (χ0) is 25.3. The molecule has 0 spiro atoms. The molecule has 2 amide bonds. The Morgan fingerprint density at radius 2 is 1.50 bits per heavy atom. The van der Waals surface area contributed by atoms with E-state index in [1.54, 1.807) is 57.2 Å². The number of nitrogens with one attached hydrogen (secondary N) is 3. The molecule has 0 saturated carbocycles. The maximum absolute atomic E-state index is 12.1. The first-order valence-corrected chi connectivity index (χ1v) is 10.6. The van der Waals surface area contributed by atoms with Gasteiger partial charge in [-0.1, -0.05) is 24.3 Å². The molecule has 2 aromatic carbocycles. The molecule has 0 bridgehead atoms. The van der Waals surface area contributed by atoms with E-state index in [0.29, 0.717) is 17.8 Å². The number of carboxylic acid groups (broad SMARTS) is 2. The minimum atomic E-state index is -1.19. The lowest BCUT2D eigenvalue weighted by Crippen LogP contribution is -2.44. The Morgan fingerprint density at radius 1 is 0.912 bits per heavy atom. The number of carbonyl (C=O) groups is 4. The number of aromatic carboxylic acids is 1. The lowest BCUT2D eigenvalue weighted by atomic mass is 10.1. The number of carbonyl (C=O) groups excluding carboxylic acids is 2. The van der Waals surface area contributed by atoms with Crippen LogP contribution in [0.2, 0.25) is 0 Å². The Balaban J connectivity index is 1.82. The zero-order valence-corrected chi connectivity index (χ0v) is 19.3. The van der Waals surface area contributed by atoms with Crippen LogP contribution in [0.25, 0.3) is 0 Å². The number of hydrogen-bond donors (Lipinski definition) is 5. The van der Waals surface area contributed by atoms with Gasteiger partial charge in [-0.3, -0.25) is 4.79 Å². The second-order valence-electron chi connectivity index (χ2n) is 8.59. The number of aliphatic carboxylic acids is 1. The number of benzene rings is 2. The molecule has 182 valence electrons. The number of amides is 2. The SMILES string of the molecule is CC(C)(C)OC(=O)NC(Cc1ccc(NC(=O)CNCc2ccc(C(=O)O)cc2)cc1)C(=O)O. The van der Waals surface area contributed by atoms with Gasteiger partial charge in [-0.05, 0) is 56.2 Å². The second-order valence-corrected chi connectivity index (χ2v) is 8.59. The van der Waals surface area contributed by atoms with Gasteiger partial charge in [0.15, 0.2) is 0 Å². The number of ether oxygens (including phenoxy) is 1. The van der Waals surface area contributed by atoms with Crippen LogP contribution in [-0.4, -0.2) is 52.3 Å². The van der Waals surface area contributed by atoms with Gasteiger partial charge in [0.25, 0.3) is 0 Å². The van der Waals surface area contributed by atoms with Crippen molar-refractivity contribution in [1.82, 2.24) is 10.6 Å². The standard InChI is InChI=1S/C24H29N3O7/c1-24(2,3)34-23(33)27-19(22(31)32)12-15-6-10-18(11-7-15)26-20(28)14-25-13-16-4-8-17(9-5-16)21(29)30/h4-11,19,25H,12-14H2,1-3H3,(H,26,28)(H,27,33)(H,29,30)(H,31,32). The fourth-order valence-corrected chi connectivity index (χ4v) is 2.90. The van der Waals surface area contributed by atoms with Crippen LogP contribution in [0.3, 0.4) is 0 Å². The average Bonchev–Trinajstić information content (AvgIpc) is 2.73.